The molecule has 0 aliphatic carbocycles. The van der Waals surface area contributed by atoms with Crippen molar-refractivity contribution in [1.29, 1.82) is 0 Å². The molecule has 0 spiro atoms. The standard InChI is InChI=1S/C11H14Cl2N2O2/c1-3-17-5-4-9(16)15-10-7(2)6-8(12)14-11(10)13/h6H,3-5H2,1-2H3,(H,15,16). The zero-order valence-electron chi connectivity index (χ0n) is 9.72. The summed E-state index contributed by atoms with van der Waals surface area (Å²) < 4.78 is 5.09. The molecule has 0 fully saturated rings. The lowest BCUT2D eigenvalue weighted by Gasteiger charge is -2.10. The van der Waals surface area contributed by atoms with Gasteiger partial charge in [0.25, 0.3) is 0 Å². The van der Waals surface area contributed by atoms with Gasteiger partial charge in [-0.3, -0.25) is 4.79 Å². The highest BCUT2D eigenvalue weighted by atomic mass is 35.5. The second-order valence-electron chi connectivity index (χ2n) is 3.42. The zero-order valence-corrected chi connectivity index (χ0v) is 11.2. The molecule has 94 valence electrons. The number of nitrogens with one attached hydrogen (secondary N) is 1. The molecule has 0 radical (unpaired) electrons. The normalized spacial score (nSPS) is 10.4. The molecule has 0 saturated carbocycles. The van der Waals surface area contributed by atoms with Crippen molar-refractivity contribution in [2.45, 2.75) is 20.3 Å². The number of rotatable bonds is 5. The lowest BCUT2D eigenvalue weighted by atomic mass is 10.2. The number of carbonyl (C=O) groups excluding carboxylic acids is 1. The van der Waals surface area contributed by atoms with Crippen LogP contribution >= 0.6 is 23.2 Å². The highest BCUT2D eigenvalue weighted by Crippen LogP contribution is 2.26. The van der Waals surface area contributed by atoms with Crippen molar-refractivity contribution in [3.8, 4) is 0 Å². The van der Waals surface area contributed by atoms with Crippen LogP contribution in [-0.2, 0) is 9.53 Å². The summed E-state index contributed by atoms with van der Waals surface area (Å²) >= 11 is 11.6. The van der Waals surface area contributed by atoms with Crippen LogP contribution < -0.4 is 5.32 Å². The van der Waals surface area contributed by atoms with Gasteiger partial charge in [-0.25, -0.2) is 4.98 Å². The first-order valence-corrected chi connectivity index (χ1v) is 6.00. The van der Waals surface area contributed by atoms with Gasteiger partial charge in [-0.2, -0.15) is 0 Å². The molecule has 1 aromatic rings. The van der Waals surface area contributed by atoms with Crippen molar-refractivity contribution in [1.82, 2.24) is 4.98 Å². The Morgan fingerprint density at radius 1 is 1.53 bits per heavy atom. The fraction of sp³-hybridized carbons (Fsp3) is 0.455. The maximum atomic E-state index is 11.6. The van der Waals surface area contributed by atoms with Crippen LogP contribution in [0.2, 0.25) is 10.3 Å². The van der Waals surface area contributed by atoms with Gasteiger partial charge in [0.2, 0.25) is 5.91 Å². The average Bonchev–Trinajstić information content (AvgIpc) is 2.24. The molecule has 0 saturated heterocycles. The van der Waals surface area contributed by atoms with Crippen LogP contribution in [0.3, 0.4) is 0 Å². The van der Waals surface area contributed by atoms with Gasteiger partial charge < -0.3 is 10.1 Å². The fourth-order valence-electron chi connectivity index (χ4n) is 1.26. The highest BCUT2D eigenvalue weighted by molar-refractivity contribution is 6.34. The van der Waals surface area contributed by atoms with E-state index in [2.05, 4.69) is 10.3 Å². The molecule has 1 aromatic heterocycles. The summed E-state index contributed by atoms with van der Waals surface area (Å²) in [6.45, 7) is 4.66. The van der Waals surface area contributed by atoms with E-state index >= 15 is 0 Å². The first kappa shape index (κ1) is 14.2. The van der Waals surface area contributed by atoms with Crippen molar-refractivity contribution in [3.63, 3.8) is 0 Å². The Hall–Kier alpha value is -0.840. The van der Waals surface area contributed by atoms with E-state index < -0.39 is 0 Å². The van der Waals surface area contributed by atoms with Crippen molar-refractivity contribution >= 4 is 34.8 Å². The van der Waals surface area contributed by atoms with E-state index in [9.17, 15) is 4.79 Å². The quantitative estimate of drug-likeness (QED) is 0.664. The third-order valence-corrected chi connectivity index (χ3v) is 2.55. The third-order valence-electron chi connectivity index (χ3n) is 2.08. The molecular weight excluding hydrogens is 263 g/mol. The van der Waals surface area contributed by atoms with Crippen LogP contribution in [-0.4, -0.2) is 24.1 Å². The number of aromatic nitrogens is 1. The second-order valence-corrected chi connectivity index (χ2v) is 4.17. The number of carbonyl (C=O) groups is 1. The van der Waals surface area contributed by atoms with Crippen LogP contribution in [0, 0.1) is 6.92 Å². The average molecular weight is 277 g/mol. The maximum absolute atomic E-state index is 11.6. The van der Waals surface area contributed by atoms with E-state index in [1.54, 1.807) is 13.0 Å². The lowest BCUT2D eigenvalue weighted by Crippen LogP contribution is -2.15. The fourth-order valence-corrected chi connectivity index (χ4v) is 1.84. The minimum atomic E-state index is -0.160. The molecule has 0 bridgehead atoms. The molecule has 1 N–H and O–H groups in total. The predicted molar refractivity (Wildman–Crippen MR) is 68.7 cm³/mol. The maximum Gasteiger partial charge on any atom is 0.226 e. The molecule has 6 heteroatoms. The number of pyridine rings is 1. The van der Waals surface area contributed by atoms with Crippen molar-refractivity contribution < 1.29 is 9.53 Å². The SMILES string of the molecule is CCOCCC(=O)Nc1c(C)cc(Cl)nc1Cl. The summed E-state index contributed by atoms with van der Waals surface area (Å²) in [6, 6.07) is 1.64. The van der Waals surface area contributed by atoms with Crippen LogP contribution in [0.4, 0.5) is 5.69 Å². The van der Waals surface area contributed by atoms with Crippen molar-refractivity contribution in [2.75, 3.05) is 18.5 Å². The van der Waals surface area contributed by atoms with Crippen molar-refractivity contribution in [3.05, 3.63) is 21.9 Å². The summed E-state index contributed by atoms with van der Waals surface area (Å²) in [5.41, 5.74) is 1.28. The van der Waals surface area contributed by atoms with Gasteiger partial charge >= 0.3 is 0 Å². The molecule has 1 heterocycles. The Labute approximate surface area is 110 Å². The summed E-state index contributed by atoms with van der Waals surface area (Å²) in [5, 5.41) is 3.19. The van der Waals surface area contributed by atoms with Gasteiger partial charge in [0, 0.05) is 6.61 Å². The number of nitrogens with zero attached hydrogens (tertiary/aromatic N) is 1. The Morgan fingerprint density at radius 3 is 2.82 bits per heavy atom. The Balaban J connectivity index is 2.65. The first-order valence-electron chi connectivity index (χ1n) is 5.24. The second kappa shape index (κ2) is 6.79. The Bertz CT molecular complexity index is 387. The molecule has 0 unspecified atom stereocenters. The number of amides is 1. The molecule has 1 amide bonds. The smallest absolute Gasteiger partial charge is 0.226 e. The summed E-state index contributed by atoms with van der Waals surface area (Å²) in [4.78, 5) is 15.4. The van der Waals surface area contributed by atoms with Crippen LogP contribution in [0.5, 0.6) is 0 Å². The van der Waals surface area contributed by atoms with E-state index in [0.717, 1.165) is 5.56 Å². The number of hydrogen-bond donors (Lipinski definition) is 1. The number of aryl methyl sites for hydroxylation is 1. The largest absolute Gasteiger partial charge is 0.381 e. The van der Waals surface area contributed by atoms with E-state index in [1.807, 2.05) is 6.92 Å². The van der Waals surface area contributed by atoms with E-state index in [0.29, 0.717) is 24.1 Å². The third kappa shape index (κ3) is 4.50. The molecule has 0 atom stereocenters. The summed E-state index contributed by atoms with van der Waals surface area (Å²) in [6.07, 6.45) is 0.284. The van der Waals surface area contributed by atoms with Crippen LogP contribution in [0.1, 0.15) is 18.9 Å². The molecule has 17 heavy (non-hydrogen) atoms. The monoisotopic (exact) mass is 276 g/mol. The summed E-state index contributed by atoms with van der Waals surface area (Å²) in [7, 11) is 0. The van der Waals surface area contributed by atoms with E-state index in [1.165, 1.54) is 0 Å². The Morgan fingerprint density at radius 2 is 2.24 bits per heavy atom. The molecule has 0 aliphatic rings. The number of ether oxygens (including phenoxy) is 1. The molecule has 4 nitrogen and oxygen atoms in total. The minimum absolute atomic E-state index is 0.160. The predicted octanol–water partition coefficient (Wildman–Crippen LogP) is 3.06. The van der Waals surface area contributed by atoms with Gasteiger partial charge in [-0.05, 0) is 25.5 Å². The van der Waals surface area contributed by atoms with Crippen molar-refractivity contribution in [2.24, 2.45) is 0 Å². The number of hydrogen-bond acceptors (Lipinski definition) is 3. The molecule has 0 aliphatic heterocycles. The molecule has 1 rings (SSSR count). The molecule has 0 aromatic carbocycles. The highest BCUT2D eigenvalue weighted by Gasteiger charge is 2.10. The first-order chi connectivity index (χ1) is 8.04. The van der Waals surface area contributed by atoms with Gasteiger partial charge in [0.1, 0.15) is 5.15 Å². The van der Waals surface area contributed by atoms with E-state index in [4.69, 9.17) is 27.9 Å². The Kier molecular flexibility index (Phi) is 5.68. The topological polar surface area (TPSA) is 51.2 Å². The van der Waals surface area contributed by atoms with Gasteiger partial charge in [0.05, 0.1) is 18.7 Å². The summed E-state index contributed by atoms with van der Waals surface area (Å²) in [5.74, 6) is -0.160. The van der Waals surface area contributed by atoms with Gasteiger partial charge in [0.15, 0.2) is 5.15 Å². The van der Waals surface area contributed by atoms with Gasteiger partial charge in [-0.15, -0.1) is 0 Å². The van der Waals surface area contributed by atoms with Crippen LogP contribution in [0.25, 0.3) is 0 Å². The lowest BCUT2D eigenvalue weighted by molar-refractivity contribution is -0.117. The van der Waals surface area contributed by atoms with Crippen LogP contribution in [0.15, 0.2) is 6.07 Å². The van der Waals surface area contributed by atoms with E-state index in [-0.39, 0.29) is 17.5 Å². The van der Waals surface area contributed by atoms with Gasteiger partial charge in [-0.1, -0.05) is 23.2 Å². The zero-order chi connectivity index (χ0) is 12.8. The molecular formula is C11H14Cl2N2O2. The number of halogens is 2. The number of anilines is 1. The minimum Gasteiger partial charge on any atom is -0.381 e.